The Kier molecular flexibility index (Phi) is 5.01. The molecule has 0 aromatic carbocycles. The molecular weight excluding hydrogens is 518 g/mol. The molecule has 1 unspecified atom stereocenters. The van der Waals surface area contributed by atoms with Crippen molar-refractivity contribution < 1.29 is 4.74 Å². The number of halogens is 1. The third kappa shape index (κ3) is 3.25. The van der Waals surface area contributed by atoms with E-state index in [-0.39, 0.29) is 6.04 Å². The molecule has 0 amide bonds. The zero-order chi connectivity index (χ0) is 20.2. The molecule has 3 aromatic rings. The number of fused-ring (bicyclic) bond motifs is 1. The summed E-state index contributed by atoms with van der Waals surface area (Å²) in [6.45, 7) is 6.34. The van der Waals surface area contributed by atoms with Crippen LogP contribution >= 0.6 is 39.9 Å². The van der Waals surface area contributed by atoms with Crippen LogP contribution < -0.4 is 4.90 Å². The number of anilines is 1. The van der Waals surface area contributed by atoms with Gasteiger partial charge in [-0.05, 0) is 78.0 Å². The number of nitriles is 1. The Bertz CT molecular complexity index is 1130. The second kappa shape index (κ2) is 7.41. The first-order valence-corrected chi connectivity index (χ1v) is 14.4. The molecule has 0 radical (unpaired) electrons. The summed E-state index contributed by atoms with van der Waals surface area (Å²) in [5.74, 6) is 0.922. The first-order chi connectivity index (χ1) is 14.1. The predicted octanol–water partition coefficient (Wildman–Crippen LogP) is 4.44. The molecule has 10 heteroatoms. The van der Waals surface area contributed by atoms with Crippen LogP contribution in [0.1, 0.15) is 31.0 Å². The summed E-state index contributed by atoms with van der Waals surface area (Å²) in [4.78, 5) is 7.37. The van der Waals surface area contributed by atoms with Crippen molar-refractivity contribution in [3.8, 4) is 17.5 Å². The topological polar surface area (TPSA) is 79.9 Å². The average Bonchev–Trinajstić information content (AvgIpc) is 3.27. The molecule has 29 heavy (non-hydrogen) atoms. The lowest BCUT2D eigenvalue weighted by Crippen LogP contribution is -2.44. The smallest absolute Gasteiger partial charge is 0.130 e. The second-order valence-corrected chi connectivity index (χ2v) is 10.5. The van der Waals surface area contributed by atoms with Gasteiger partial charge in [0.05, 0.1) is 53.2 Å². The van der Waals surface area contributed by atoms with E-state index in [4.69, 9.17) is 14.1 Å². The van der Waals surface area contributed by atoms with Crippen molar-refractivity contribution in [3.05, 3.63) is 23.4 Å². The molecule has 1 aliphatic heterocycles. The van der Waals surface area contributed by atoms with Crippen molar-refractivity contribution in [1.29, 1.82) is 5.26 Å². The van der Waals surface area contributed by atoms with Gasteiger partial charge in [-0.1, -0.05) is 0 Å². The van der Waals surface area contributed by atoms with Gasteiger partial charge in [0, 0.05) is 6.54 Å². The van der Waals surface area contributed by atoms with E-state index < -0.39 is 5.41 Å². The molecule has 2 atom stereocenters. The lowest BCUT2D eigenvalue weighted by Gasteiger charge is -2.34. The van der Waals surface area contributed by atoms with Gasteiger partial charge < -0.3 is 9.64 Å². The van der Waals surface area contributed by atoms with Crippen molar-refractivity contribution in [2.45, 2.75) is 38.1 Å². The standard InChI is InChI=1S/C19H20IN6OPS/c1-11-7-14(26(23-11)28-20)16-17-18(29-24-16)13(19(10-21)3-4-19)8-15(22-17)25-5-6-27-9-12(25)2/h7-8,12,28H,3-6,9H2,1-2H3/t12-/m1/s1. The van der Waals surface area contributed by atoms with Crippen LogP contribution in [0.5, 0.6) is 0 Å². The van der Waals surface area contributed by atoms with Gasteiger partial charge in [-0.3, -0.25) is 0 Å². The van der Waals surface area contributed by atoms with Crippen LogP contribution in [0, 0.1) is 18.3 Å². The molecule has 1 saturated carbocycles. The van der Waals surface area contributed by atoms with Gasteiger partial charge in [0.25, 0.3) is 0 Å². The first kappa shape index (κ1) is 19.6. The van der Waals surface area contributed by atoms with Gasteiger partial charge in [-0.25, -0.2) is 9.44 Å². The molecule has 0 bridgehead atoms. The summed E-state index contributed by atoms with van der Waals surface area (Å²) in [5, 5.41) is 14.5. The number of rotatable bonds is 4. The summed E-state index contributed by atoms with van der Waals surface area (Å²) >= 11 is 3.79. The van der Waals surface area contributed by atoms with Crippen molar-refractivity contribution in [1.82, 2.24) is 18.9 Å². The molecular formula is C19H20IN6OPS. The monoisotopic (exact) mass is 538 g/mol. The Morgan fingerprint density at radius 1 is 1.41 bits per heavy atom. The number of pyridine rings is 1. The maximum Gasteiger partial charge on any atom is 0.130 e. The maximum absolute atomic E-state index is 9.90. The van der Waals surface area contributed by atoms with E-state index in [2.05, 4.69) is 57.2 Å². The Hall–Kier alpha value is -1.34. The highest BCUT2D eigenvalue weighted by Crippen LogP contribution is 2.52. The lowest BCUT2D eigenvalue weighted by molar-refractivity contribution is 0.0985. The van der Waals surface area contributed by atoms with E-state index in [0.29, 0.717) is 19.6 Å². The zero-order valence-corrected chi connectivity index (χ0v) is 20.1. The van der Waals surface area contributed by atoms with E-state index in [0.717, 1.165) is 58.1 Å². The number of morpholine rings is 1. The van der Waals surface area contributed by atoms with Gasteiger partial charge in [0.2, 0.25) is 0 Å². The van der Waals surface area contributed by atoms with Crippen LogP contribution in [0.25, 0.3) is 21.6 Å². The van der Waals surface area contributed by atoms with Gasteiger partial charge >= 0.3 is 0 Å². The van der Waals surface area contributed by atoms with Crippen molar-refractivity contribution in [3.63, 3.8) is 0 Å². The summed E-state index contributed by atoms with van der Waals surface area (Å²) in [5.41, 5.74) is 4.41. The Morgan fingerprint density at radius 2 is 2.24 bits per heavy atom. The molecule has 2 aliphatic rings. The van der Waals surface area contributed by atoms with Crippen LogP contribution in [0.3, 0.4) is 0 Å². The minimum atomic E-state index is -0.392. The van der Waals surface area contributed by atoms with Crippen molar-refractivity contribution in [2.24, 2.45) is 0 Å². The molecule has 4 heterocycles. The molecule has 1 saturated heterocycles. The molecule has 7 nitrogen and oxygen atoms in total. The largest absolute Gasteiger partial charge is 0.377 e. The van der Waals surface area contributed by atoms with Crippen LogP contribution in [-0.2, 0) is 10.2 Å². The molecule has 0 N–H and O–H groups in total. The third-order valence-electron chi connectivity index (χ3n) is 5.71. The Labute approximate surface area is 187 Å². The highest BCUT2D eigenvalue weighted by Gasteiger charge is 2.47. The predicted molar refractivity (Wildman–Crippen MR) is 125 cm³/mol. The number of hydrogen-bond acceptors (Lipinski definition) is 7. The minimum absolute atomic E-state index is 0.248. The molecule has 150 valence electrons. The number of aryl methyl sites for hydroxylation is 1. The van der Waals surface area contributed by atoms with Crippen LogP contribution in [0.15, 0.2) is 12.1 Å². The first-order valence-electron chi connectivity index (χ1n) is 9.56. The van der Waals surface area contributed by atoms with E-state index in [1.165, 1.54) is 11.5 Å². The number of hydrogen-bond donors (Lipinski definition) is 0. The Balaban J connectivity index is 1.74. The highest BCUT2D eigenvalue weighted by atomic mass is 127. The van der Waals surface area contributed by atoms with Crippen LogP contribution in [-0.4, -0.2) is 44.7 Å². The third-order valence-corrected chi connectivity index (χ3v) is 8.45. The fourth-order valence-corrected chi connectivity index (χ4v) is 6.45. The summed E-state index contributed by atoms with van der Waals surface area (Å²) in [7, 11) is 0. The second-order valence-electron chi connectivity index (χ2n) is 7.72. The van der Waals surface area contributed by atoms with Crippen molar-refractivity contribution >= 4 is 56.0 Å². The Morgan fingerprint density at radius 3 is 2.93 bits per heavy atom. The van der Waals surface area contributed by atoms with Gasteiger partial charge in [0.1, 0.15) is 17.0 Å². The molecule has 5 rings (SSSR count). The van der Waals surface area contributed by atoms with Crippen molar-refractivity contribution in [2.75, 3.05) is 24.7 Å². The fraction of sp³-hybridized carbons (Fsp3) is 0.474. The average molecular weight is 538 g/mol. The van der Waals surface area contributed by atoms with E-state index in [1.54, 1.807) is 0 Å². The number of nitrogens with zero attached hydrogens (tertiary/aromatic N) is 6. The normalized spacial score (nSPS) is 21.2. The SMILES string of the molecule is Cc1cc(-c2nsc3c(C4(C#N)CC4)cc(N4CCOC[C@H]4C)nc23)n(PI)n1. The van der Waals surface area contributed by atoms with Crippen LogP contribution in [0.2, 0.25) is 0 Å². The lowest BCUT2D eigenvalue weighted by atomic mass is 9.97. The molecule has 1 aliphatic carbocycles. The van der Waals surface area contributed by atoms with E-state index in [9.17, 15) is 5.26 Å². The zero-order valence-electron chi connectivity index (χ0n) is 16.1. The fourth-order valence-electron chi connectivity index (χ4n) is 3.94. The van der Waals surface area contributed by atoms with E-state index >= 15 is 0 Å². The highest BCUT2D eigenvalue weighted by molar-refractivity contribution is 14.2. The minimum Gasteiger partial charge on any atom is -0.377 e. The quantitative estimate of drug-likeness (QED) is 0.361. The maximum atomic E-state index is 9.90. The van der Waals surface area contributed by atoms with Crippen LogP contribution in [0.4, 0.5) is 5.82 Å². The number of aromatic nitrogens is 4. The summed E-state index contributed by atoms with van der Waals surface area (Å²) in [6.07, 6.45) is 2.29. The summed E-state index contributed by atoms with van der Waals surface area (Å²) < 4.78 is 13.4. The molecule has 2 fully saturated rings. The van der Waals surface area contributed by atoms with Gasteiger partial charge in [-0.2, -0.15) is 14.7 Å². The molecule has 0 spiro atoms. The molecule has 3 aromatic heterocycles. The van der Waals surface area contributed by atoms with E-state index in [1.807, 2.05) is 11.4 Å². The van der Waals surface area contributed by atoms with Gasteiger partial charge in [0.15, 0.2) is 0 Å². The number of ether oxygens (including phenoxy) is 1. The summed E-state index contributed by atoms with van der Waals surface area (Å²) in [6, 6.07) is 7.02. The van der Waals surface area contributed by atoms with Gasteiger partial charge in [-0.15, -0.1) is 0 Å².